The predicted octanol–water partition coefficient (Wildman–Crippen LogP) is 3.09. The van der Waals surface area contributed by atoms with Crippen molar-refractivity contribution in [2.45, 2.75) is 45.1 Å². The molecule has 0 radical (unpaired) electrons. The fraction of sp³-hybridized carbons (Fsp3) is 0.688. The number of hydrogen-bond donors (Lipinski definition) is 1. The largest absolute Gasteiger partial charge is 0.464 e. The number of carbonyl (C=O) groups excluding carboxylic acids is 2. The van der Waals surface area contributed by atoms with E-state index in [-0.39, 0.29) is 5.69 Å². The number of hydrogen-bond acceptors (Lipinski definition) is 7. The van der Waals surface area contributed by atoms with Crippen LogP contribution in [-0.2, 0) is 9.47 Å². The molecule has 0 bridgehead atoms. The number of carbonyl (C=O) groups is 2. The molecule has 1 saturated heterocycles. The zero-order valence-electron chi connectivity index (χ0n) is 14.8. The molecule has 1 aliphatic rings. The van der Waals surface area contributed by atoms with Crippen LogP contribution in [-0.4, -0.2) is 54.8 Å². The van der Waals surface area contributed by atoms with E-state index >= 15 is 0 Å². The van der Waals surface area contributed by atoms with E-state index in [2.05, 4.69) is 22.2 Å². The standard InChI is InChI=1S/C16H25N3O4S/c1-16(2,3)23-15(21)18-13-11(14(20)22-5)17-12(24-13)10-6-8-19(4)9-7-10/h10H,6-9H2,1-5H3,(H,18,21). The summed E-state index contributed by atoms with van der Waals surface area (Å²) in [5, 5.41) is 3.87. The smallest absolute Gasteiger partial charge is 0.412 e. The van der Waals surface area contributed by atoms with E-state index < -0.39 is 17.7 Å². The van der Waals surface area contributed by atoms with Crippen molar-refractivity contribution in [2.75, 3.05) is 32.6 Å². The zero-order chi connectivity index (χ0) is 17.9. The molecule has 0 aromatic carbocycles. The maximum atomic E-state index is 12.0. The average Bonchev–Trinajstić information content (AvgIpc) is 2.89. The third kappa shape index (κ3) is 4.91. The van der Waals surface area contributed by atoms with Crippen molar-refractivity contribution in [1.82, 2.24) is 9.88 Å². The highest BCUT2D eigenvalue weighted by atomic mass is 32.1. The number of nitrogens with one attached hydrogen (secondary N) is 1. The van der Waals surface area contributed by atoms with Crippen molar-refractivity contribution in [1.29, 1.82) is 0 Å². The van der Waals surface area contributed by atoms with Crippen LogP contribution in [0, 0.1) is 0 Å². The summed E-state index contributed by atoms with van der Waals surface area (Å²) in [4.78, 5) is 30.7. The van der Waals surface area contributed by atoms with Crippen LogP contribution in [0.4, 0.5) is 9.80 Å². The summed E-state index contributed by atoms with van der Waals surface area (Å²) in [5.74, 6) is -0.264. The van der Waals surface area contributed by atoms with Crippen molar-refractivity contribution in [3.8, 4) is 0 Å². The van der Waals surface area contributed by atoms with Crippen molar-refractivity contribution < 1.29 is 19.1 Å². The Morgan fingerprint density at radius 3 is 2.46 bits per heavy atom. The first-order valence-corrected chi connectivity index (χ1v) is 8.79. The normalized spacial score (nSPS) is 16.7. The van der Waals surface area contributed by atoms with E-state index in [1.165, 1.54) is 18.4 Å². The molecule has 1 N–H and O–H groups in total. The molecule has 2 rings (SSSR count). The molecule has 2 heterocycles. The van der Waals surface area contributed by atoms with Crippen LogP contribution in [0.25, 0.3) is 0 Å². The lowest BCUT2D eigenvalue weighted by Gasteiger charge is -2.27. The summed E-state index contributed by atoms with van der Waals surface area (Å²) in [6.45, 7) is 7.33. The number of aromatic nitrogens is 1. The van der Waals surface area contributed by atoms with Gasteiger partial charge in [0, 0.05) is 5.92 Å². The fourth-order valence-corrected chi connectivity index (χ4v) is 3.59. The lowest BCUT2D eigenvalue weighted by Crippen LogP contribution is -2.29. The van der Waals surface area contributed by atoms with Crippen molar-refractivity contribution in [2.24, 2.45) is 0 Å². The highest BCUT2D eigenvalue weighted by molar-refractivity contribution is 7.16. The third-order valence-corrected chi connectivity index (χ3v) is 4.84. The highest BCUT2D eigenvalue weighted by Crippen LogP contribution is 2.35. The van der Waals surface area contributed by atoms with Gasteiger partial charge in [-0.3, -0.25) is 5.32 Å². The van der Waals surface area contributed by atoms with Crippen LogP contribution < -0.4 is 5.32 Å². The van der Waals surface area contributed by atoms with Crippen LogP contribution in [0.5, 0.6) is 0 Å². The second-order valence-electron chi connectivity index (χ2n) is 6.93. The molecule has 0 aliphatic carbocycles. The SMILES string of the molecule is COC(=O)c1nc(C2CCN(C)CC2)sc1NC(=O)OC(C)(C)C. The van der Waals surface area contributed by atoms with Gasteiger partial charge in [0.2, 0.25) is 0 Å². The van der Waals surface area contributed by atoms with Gasteiger partial charge in [-0.25, -0.2) is 14.6 Å². The average molecular weight is 355 g/mol. The maximum absolute atomic E-state index is 12.0. The van der Waals surface area contributed by atoms with Gasteiger partial charge >= 0.3 is 12.1 Å². The summed E-state index contributed by atoms with van der Waals surface area (Å²) in [6, 6.07) is 0. The number of nitrogens with zero attached hydrogens (tertiary/aromatic N) is 2. The number of esters is 1. The molecule has 0 spiro atoms. The van der Waals surface area contributed by atoms with Gasteiger partial charge < -0.3 is 14.4 Å². The molecule has 24 heavy (non-hydrogen) atoms. The van der Waals surface area contributed by atoms with Crippen molar-refractivity contribution in [3.63, 3.8) is 0 Å². The Kier molecular flexibility index (Phi) is 5.82. The maximum Gasteiger partial charge on any atom is 0.412 e. The first kappa shape index (κ1) is 18.7. The molecular weight excluding hydrogens is 330 g/mol. The van der Waals surface area contributed by atoms with E-state index in [0.717, 1.165) is 30.9 Å². The van der Waals surface area contributed by atoms with Gasteiger partial charge in [0.1, 0.15) is 10.6 Å². The molecule has 134 valence electrons. The van der Waals surface area contributed by atoms with Gasteiger partial charge in [0.15, 0.2) is 5.69 Å². The quantitative estimate of drug-likeness (QED) is 0.839. The number of rotatable bonds is 3. The lowest BCUT2D eigenvalue weighted by molar-refractivity contribution is 0.0595. The van der Waals surface area contributed by atoms with Gasteiger partial charge in [-0.1, -0.05) is 11.3 Å². The number of likely N-dealkylation sites (tertiary alicyclic amines) is 1. The minimum Gasteiger partial charge on any atom is -0.464 e. The highest BCUT2D eigenvalue weighted by Gasteiger charge is 2.27. The molecule has 1 aliphatic heterocycles. The van der Waals surface area contributed by atoms with E-state index in [1.54, 1.807) is 20.8 Å². The molecular formula is C16H25N3O4S. The van der Waals surface area contributed by atoms with Crippen LogP contribution in [0.1, 0.15) is 55.0 Å². The van der Waals surface area contributed by atoms with Crippen LogP contribution in [0.2, 0.25) is 0 Å². The molecule has 1 aromatic rings. The first-order valence-electron chi connectivity index (χ1n) is 7.97. The van der Waals surface area contributed by atoms with Crippen molar-refractivity contribution >= 4 is 28.4 Å². The molecule has 1 aromatic heterocycles. The summed E-state index contributed by atoms with van der Waals surface area (Å²) in [7, 11) is 3.39. The van der Waals surface area contributed by atoms with E-state index in [9.17, 15) is 9.59 Å². The van der Waals surface area contributed by atoms with Gasteiger partial charge in [-0.2, -0.15) is 0 Å². The second-order valence-corrected chi connectivity index (χ2v) is 7.96. The summed E-state index contributed by atoms with van der Waals surface area (Å²) >= 11 is 1.32. The predicted molar refractivity (Wildman–Crippen MR) is 92.8 cm³/mol. The number of ether oxygens (including phenoxy) is 2. The topological polar surface area (TPSA) is 80.8 Å². The molecule has 0 atom stereocenters. The van der Waals surface area contributed by atoms with E-state index in [0.29, 0.717) is 10.9 Å². The molecule has 0 saturated carbocycles. The minimum atomic E-state index is -0.614. The number of amides is 1. The fourth-order valence-electron chi connectivity index (χ4n) is 2.48. The van der Waals surface area contributed by atoms with Gasteiger partial charge in [-0.15, -0.1) is 0 Å². The Hall–Kier alpha value is -1.67. The molecule has 8 heteroatoms. The Bertz CT molecular complexity index is 601. The van der Waals surface area contributed by atoms with Crippen molar-refractivity contribution in [3.05, 3.63) is 10.7 Å². The Labute approximate surface area is 146 Å². The van der Waals surface area contributed by atoms with Crippen LogP contribution >= 0.6 is 11.3 Å². The zero-order valence-corrected chi connectivity index (χ0v) is 15.7. The third-order valence-electron chi connectivity index (χ3n) is 3.70. The summed E-state index contributed by atoms with van der Waals surface area (Å²) < 4.78 is 10.0. The van der Waals surface area contributed by atoms with Gasteiger partial charge in [0.05, 0.1) is 12.1 Å². The minimum absolute atomic E-state index is 0.141. The monoisotopic (exact) mass is 355 g/mol. The Morgan fingerprint density at radius 2 is 1.92 bits per heavy atom. The van der Waals surface area contributed by atoms with Gasteiger partial charge in [-0.05, 0) is 53.8 Å². The lowest BCUT2D eigenvalue weighted by atomic mass is 9.98. The van der Waals surface area contributed by atoms with Crippen LogP contribution in [0.3, 0.4) is 0 Å². The Balaban J connectivity index is 2.19. The molecule has 7 nitrogen and oxygen atoms in total. The molecule has 0 unspecified atom stereocenters. The van der Waals surface area contributed by atoms with Gasteiger partial charge in [0.25, 0.3) is 0 Å². The second kappa shape index (κ2) is 7.48. The van der Waals surface area contributed by atoms with Crippen LogP contribution in [0.15, 0.2) is 0 Å². The summed E-state index contributed by atoms with van der Waals surface area (Å²) in [6.07, 6.45) is 1.36. The first-order chi connectivity index (χ1) is 11.2. The molecule has 1 fully saturated rings. The van der Waals surface area contributed by atoms with E-state index in [1.807, 2.05) is 0 Å². The van der Waals surface area contributed by atoms with E-state index in [4.69, 9.17) is 9.47 Å². The number of thiazole rings is 1. The molecule has 1 amide bonds. The number of piperidine rings is 1. The number of methoxy groups -OCH3 is 1. The summed E-state index contributed by atoms with van der Waals surface area (Å²) in [5.41, 5.74) is -0.473. The number of anilines is 1. The Morgan fingerprint density at radius 1 is 1.29 bits per heavy atom.